The Balaban J connectivity index is 2.41. The molecule has 1 aromatic rings. The number of β-amino-alcohol motifs (C(OH)–C–C–N with tert-alkyl or cyclic N) is 1. The summed E-state index contributed by atoms with van der Waals surface area (Å²) in [5.74, 6) is -3.52. The van der Waals surface area contributed by atoms with Crippen LogP contribution in [0.15, 0.2) is 23.9 Å². The van der Waals surface area contributed by atoms with Gasteiger partial charge in [-0.25, -0.2) is 4.39 Å². The van der Waals surface area contributed by atoms with E-state index in [0.717, 1.165) is 13.2 Å². The number of rotatable bonds is 5. The van der Waals surface area contributed by atoms with Crippen molar-refractivity contribution in [1.82, 2.24) is 4.90 Å². The second kappa shape index (κ2) is 6.48. The third-order valence-corrected chi connectivity index (χ3v) is 3.17. The van der Waals surface area contributed by atoms with Gasteiger partial charge in [0.05, 0.1) is 25.9 Å². The smallest absolute Gasteiger partial charge is 0.420 e. The monoisotopic (exact) mass is 348 g/mol. The first-order chi connectivity index (χ1) is 11.2. The molecule has 0 radical (unpaired) electrons. The van der Waals surface area contributed by atoms with E-state index in [0.29, 0.717) is 11.0 Å². The van der Waals surface area contributed by atoms with Crippen LogP contribution in [-0.4, -0.2) is 42.1 Å². The van der Waals surface area contributed by atoms with E-state index in [1.165, 1.54) is 0 Å². The molecule has 6 nitrogen and oxygen atoms in total. The standard InChI is InChI=1S/C14H12F4N2O4/c1-24-12-8(14(16,17)18)4-7(15)5-9(12)19-10-6-11(22)20(2-3-21)13(10)23/h4-6,19,21H,2-3H2,1H3. The summed E-state index contributed by atoms with van der Waals surface area (Å²) in [6.45, 7) is -0.743. The Labute approximate surface area is 133 Å². The molecule has 0 fully saturated rings. The van der Waals surface area contributed by atoms with Crippen molar-refractivity contribution in [2.75, 3.05) is 25.6 Å². The van der Waals surface area contributed by atoms with Crippen LogP contribution in [0.4, 0.5) is 23.2 Å². The van der Waals surface area contributed by atoms with Gasteiger partial charge < -0.3 is 15.2 Å². The number of anilines is 1. The van der Waals surface area contributed by atoms with Crippen LogP contribution in [0.5, 0.6) is 5.75 Å². The lowest BCUT2D eigenvalue weighted by Gasteiger charge is -2.18. The van der Waals surface area contributed by atoms with E-state index in [4.69, 9.17) is 5.11 Å². The van der Waals surface area contributed by atoms with Gasteiger partial charge in [-0.1, -0.05) is 0 Å². The maximum atomic E-state index is 13.5. The van der Waals surface area contributed by atoms with Gasteiger partial charge >= 0.3 is 6.18 Å². The van der Waals surface area contributed by atoms with Gasteiger partial charge in [-0.3, -0.25) is 14.5 Å². The second-order valence-corrected chi connectivity index (χ2v) is 4.73. The number of hydrogen-bond donors (Lipinski definition) is 2. The number of aliphatic hydroxyl groups excluding tert-OH is 1. The van der Waals surface area contributed by atoms with E-state index >= 15 is 0 Å². The van der Waals surface area contributed by atoms with Gasteiger partial charge in [0.2, 0.25) is 0 Å². The molecule has 2 rings (SSSR count). The SMILES string of the molecule is COc1c(NC2=CC(=O)N(CCO)C2=O)cc(F)cc1C(F)(F)F. The highest BCUT2D eigenvalue weighted by atomic mass is 19.4. The number of imide groups is 1. The molecule has 2 N–H and O–H groups in total. The van der Waals surface area contributed by atoms with Crippen molar-refractivity contribution in [3.05, 3.63) is 35.3 Å². The summed E-state index contributed by atoms with van der Waals surface area (Å²) in [7, 11) is 0.960. The fraction of sp³-hybridized carbons (Fsp3) is 0.286. The van der Waals surface area contributed by atoms with Gasteiger partial charge in [0.15, 0.2) is 5.75 Å². The van der Waals surface area contributed by atoms with Crippen LogP contribution in [0.2, 0.25) is 0 Å². The largest absolute Gasteiger partial charge is 0.494 e. The highest BCUT2D eigenvalue weighted by Gasteiger charge is 2.37. The summed E-state index contributed by atoms with van der Waals surface area (Å²) < 4.78 is 57.1. The molecule has 0 saturated heterocycles. The molecule has 1 aliphatic rings. The number of alkyl halides is 3. The number of carbonyl (C=O) groups is 2. The maximum absolute atomic E-state index is 13.5. The number of aliphatic hydroxyl groups is 1. The third-order valence-electron chi connectivity index (χ3n) is 3.17. The lowest BCUT2D eigenvalue weighted by Crippen LogP contribution is -2.34. The van der Waals surface area contributed by atoms with Crippen molar-refractivity contribution in [3.63, 3.8) is 0 Å². The Kier molecular flexibility index (Phi) is 4.78. The molecule has 1 aliphatic heterocycles. The van der Waals surface area contributed by atoms with Crippen LogP contribution < -0.4 is 10.1 Å². The zero-order chi connectivity index (χ0) is 18.1. The van der Waals surface area contributed by atoms with Gasteiger partial charge in [-0.15, -0.1) is 0 Å². The summed E-state index contributed by atoms with van der Waals surface area (Å²) in [6.07, 6.45) is -4.04. The van der Waals surface area contributed by atoms with Gasteiger partial charge in [0.25, 0.3) is 11.8 Å². The molecule has 0 bridgehead atoms. The highest BCUT2D eigenvalue weighted by Crippen LogP contribution is 2.41. The molecule has 0 spiro atoms. The number of hydrogen-bond acceptors (Lipinski definition) is 5. The van der Waals surface area contributed by atoms with E-state index in [2.05, 4.69) is 10.1 Å². The average Bonchev–Trinajstić information content (AvgIpc) is 2.74. The Morgan fingerprint density at radius 3 is 2.50 bits per heavy atom. The first-order valence-corrected chi connectivity index (χ1v) is 6.59. The molecular formula is C14H12F4N2O4. The number of nitrogens with zero attached hydrogens (tertiary/aromatic N) is 1. The van der Waals surface area contributed by atoms with Crippen molar-refractivity contribution < 1.29 is 37.0 Å². The Hall–Kier alpha value is -2.62. The fourth-order valence-electron chi connectivity index (χ4n) is 2.17. The minimum atomic E-state index is -4.88. The summed E-state index contributed by atoms with van der Waals surface area (Å²) in [5.41, 5.74) is -2.18. The number of ether oxygens (including phenoxy) is 1. The molecule has 24 heavy (non-hydrogen) atoms. The minimum Gasteiger partial charge on any atom is -0.494 e. The van der Waals surface area contributed by atoms with Crippen LogP contribution in [0.25, 0.3) is 0 Å². The summed E-state index contributed by atoms with van der Waals surface area (Å²) in [6, 6.07) is 0.972. The number of carbonyl (C=O) groups excluding carboxylic acids is 2. The van der Waals surface area contributed by atoms with E-state index in [1.54, 1.807) is 0 Å². The van der Waals surface area contributed by atoms with Gasteiger partial charge in [-0.05, 0) is 6.07 Å². The second-order valence-electron chi connectivity index (χ2n) is 4.73. The Morgan fingerprint density at radius 1 is 1.29 bits per heavy atom. The molecule has 1 heterocycles. The number of halogens is 4. The van der Waals surface area contributed by atoms with Crippen molar-refractivity contribution in [2.45, 2.75) is 6.18 Å². The highest BCUT2D eigenvalue weighted by molar-refractivity contribution is 6.17. The number of benzene rings is 1. The molecule has 130 valence electrons. The molecule has 10 heteroatoms. The molecule has 2 amide bonds. The molecule has 0 unspecified atom stereocenters. The number of amides is 2. The van der Waals surface area contributed by atoms with E-state index in [1.807, 2.05) is 0 Å². The zero-order valence-corrected chi connectivity index (χ0v) is 12.3. The molecule has 0 aliphatic carbocycles. The summed E-state index contributed by atoms with van der Waals surface area (Å²) in [5, 5.41) is 11.1. The molecule has 0 atom stereocenters. The molecule has 0 saturated carbocycles. The van der Waals surface area contributed by atoms with Crippen molar-refractivity contribution >= 4 is 17.5 Å². The molecule has 1 aromatic carbocycles. The lowest BCUT2D eigenvalue weighted by molar-refractivity contribution is -0.139. The van der Waals surface area contributed by atoms with Crippen LogP contribution in [0.1, 0.15) is 5.56 Å². The first kappa shape index (κ1) is 17.7. The number of nitrogens with one attached hydrogen (secondary N) is 1. The van der Waals surface area contributed by atoms with Gasteiger partial charge in [0, 0.05) is 12.1 Å². The fourth-order valence-corrected chi connectivity index (χ4v) is 2.17. The predicted molar refractivity (Wildman–Crippen MR) is 73.5 cm³/mol. The molecular weight excluding hydrogens is 336 g/mol. The predicted octanol–water partition coefficient (Wildman–Crippen LogP) is 1.51. The van der Waals surface area contributed by atoms with Crippen LogP contribution in [0.3, 0.4) is 0 Å². The normalized spacial score (nSPS) is 14.9. The third kappa shape index (κ3) is 3.32. The minimum absolute atomic E-state index is 0.262. The van der Waals surface area contributed by atoms with Crippen LogP contribution in [-0.2, 0) is 15.8 Å². The van der Waals surface area contributed by atoms with Crippen molar-refractivity contribution in [3.8, 4) is 5.75 Å². The van der Waals surface area contributed by atoms with E-state index in [9.17, 15) is 27.2 Å². The first-order valence-electron chi connectivity index (χ1n) is 6.59. The van der Waals surface area contributed by atoms with Crippen molar-refractivity contribution in [1.29, 1.82) is 0 Å². The Morgan fingerprint density at radius 2 is 1.96 bits per heavy atom. The van der Waals surface area contributed by atoms with Crippen LogP contribution in [0, 0.1) is 5.82 Å². The average molecular weight is 348 g/mol. The number of methoxy groups -OCH3 is 1. The van der Waals surface area contributed by atoms with E-state index < -0.39 is 47.4 Å². The topological polar surface area (TPSA) is 78.9 Å². The Bertz CT molecular complexity index is 715. The summed E-state index contributed by atoms with van der Waals surface area (Å²) in [4.78, 5) is 24.3. The maximum Gasteiger partial charge on any atom is 0.420 e. The van der Waals surface area contributed by atoms with Crippen LogP contribution >= 0.6 is 0 Å². The van der Waals surface area contributed by atoms with Gasteiger partial charge in [0.1, 0.15) is 17.1 Å². The summed E-state index contributed by atoms with van der Waals surface area (Å²) >= 11 is 0. The lowest BCUT2D eigenvalue weighted by atomic mass is 10.1. The zero-order valence-electron chi connectivity index (χ0n) is 12.3. The van der Waals surface area contributed by atoms with Crippen molar-refractivity contribution in [2.24, 2.45) is 0 Å². The quantitative estimate of drug-likeness (QED) is 0.623. The van der Waals surface area contributed by atoms with Gasteiger partial charge in [-0.2, -0.15) is 13.2 Å². The molecule has 0 aromatic heterocycles. The van der Waals surface area contributed by atoms with E-state index in [-0.39, 0.29) is 18.3 Å².